The Morgan fingerprint density at radius 1 is 1.22 bits per heavy atom. The molecule has 1 N–H and O–H groups in total. The molecule has 1 atom stereocenters. The standard InChI is InChI=1S/C15H20N2S/c1-12(15-5-4-10-18-15)17(3)14-8-6-13(7-9-14)11-16-2/h4-10,12,16H,11H2,1-3H3. The molecule has 0 saturated carbocycles. The molecule has 2 nitrogen and oxygen atoms in total. The fourth-order valence-corrected chi connectivity index (χ4v) is 2.82. The van der Waals surface area contributed by atoms with Gasteiger partial charge >= 0.3 is 0 Å². The van der Waals surface area contributed by atoms with Crippen molar-refractivity contribution in [3.63, 3.8) is 0 Å². The smallest absolute Gasteiger partial charge is 0.0603 e. The summed E-state index contributed by atoms with van der Waals surface area (Å²) in [7, 11) is 4.12. The van der Waals surface area contributed by atoms with E-state index in [4.69, 9.17) is 0 Å². The molecular weight excluding hydrogens is 240 g/mol. The molecule has 0 bridgehead atoms. The minimum Gasteiger partial charge on any atom is -0.367 e. The van der Waals surface area contributed by atoms with Gasteiger partial charge < -0.3 is 10.2 Å². The summed E-state index contributed by atoms with van der Waals surface area (Å²) in [5.74, 6) is 0. The molecule has 1 aromatic heterocycles. The van der Waals surface area contributed by atoms with Gasteiger partial charge in [-0.1, -0.05) is 18.2 Å². The maximum Gasteiger partial charge on any atom is 0.0603 e. The van der Waals surface area contributed by atoms with Crippen LogP contribution >= 0.6 is 11.3 Å². The van der Waals surface area contributed by atoms with Crippen LogP contribution in [-0.4, -0.2) is 14.1 Å². The van der Waals surface area contributed by atoms with Crippen LogP contribution in [0.15, 0.2) is 41.8 Å². The fraction of sp³-hybridized carbons (Fsp3) is 0.333. The Morgan fingerprint density at radius 2 is 1.94 bits per heavy atom. The average Bonchev–Trinajstić information content (AvgIpc) is 2.92. The molecule has 0 spiro atoms. The summed E-state index contributed by atoms with van der Waals surface area (Å²) >= 11 is 1.81. The van der Waals surface area contributed by atoms with E-state index in [0.717, 1.165) is 6.54 Å². The van der Waals surface area contributed by atoms with E-state index in [1.165, 1.54) is 16.1 Å². The van der Waals surface area contributed by atoms with Crippen LogP contribution in [0.1, 0.15) is 23.4 Å². The lowest BCUT2D eigenvalue weighted by Gasteiger charge is -2.26. The number of rotatable bonds is 5. The molecule has 1 unspecified atom stereocenters. The van der Waals surface area contributed by atoms with Crippen molar-refractivity contribution < 1.29 is 0 Å². The number of thiophene rings is 1. The van der Waals surface area contributed by atoms with Gasteiger partial charge in [-0.05, 0) is 43.1 Å². The summed E-state index contributed by atoms with van der Waals surface area (Å²) in [6, 6.07) is 13.5. The van der Waals surface area contributed by atoms with Gasteiger partial charge in [0.1, 0.15) is 0 Å². The highest BCUT2D eigenvalue weighted by Crippen LogP contribution is 2.28. The van der Waals surface area contributed by atoms with Crippen LogP contribution in [0.3, 0.4) is 0 Å². The predicted octanol–water partition coefficient (Wildman–Crippen LogP) is 3.66. The molecule has 0 fully saturated rings. The number of nitrogens with one attached hydrogen (secondary N) is 1. The molecule has 1 heterocycles. The van der Waals surface area contributed by atoms with Gasteiger partial charge in [-0.2, -0.15) is 0 Å². The van der Waals surface area contributed by atoms with Crippen LogP contribution in [0.5, 0.6) is 0 Å². The zero-order valence-electron chi connectivity index (χ0n) is 11.2. The minimum absolute atomic E-state index is 0.417. The molecule has 96 valence electrons. The van der Waals surface area contributed by atoms with E-state index in [1.807, 2.05) is 18.4 Å². The van der Waals surface area contributed by atoms with Crippen molar-refractivity contribution >= 4 is 17.0 Å². The monoisotopic (exact) mass is 260 g/mol. The van der Waals surface area contributed by atoms with Gasteiger partial charge in [0.15, 0.2) is 0 Å². The van der Waals surface area contributed by atoms with Gasteiger partial charge in [0, 0.05) is 24.2 Å². The van der Waals surface area contributed by atoms with E-state index in [1.54, 1.807) is 0 Å². The molecule has 0 amide bonds. The lowest BCUT2D eigenvalue weighted by Crippen LogP contribution is -2.20. The summed E-state index contributed by atoms with van der Waals surface area (Å²) in [4.78, 5) is 3.71. The fourth-order valence-electron chi connectivity index (χ4n) is 2.00. The van der Waals surface area contributed by atoms with E-state index in [0.29, 0.717) is 6.04 Å². The first-order valence-corrected chi connectivity index (χ1v) is 7.10. The Morgan fingerprint density at radius 3 is 2.50 bits per heavy atom. The molecule has 0 aliphatic heterocycles. The Hall–Kier alpha value is -1.32. The predicted molar refractivity (Wildman–Crippen MR) is 80.3 cm³/mol. The third kappa shape index (κ3) is 2.92. The maximum atomic E-state index is 3.17. The van der Waals surface area contributed by atoms with Crippen LogP contribution in [-0.2, 0) is 6.54 Å². The normalized spacial score (nSPS) is 12.4. The van der Waals surface area contributed by atoms with Crippen molar-refractivity contribution in [2.24, 2.45) is 0 Å². The van der Waals surface area contributed by atoms with Crippen LogP contribution < -0.4 is 10.2 Å². The molecule has 1 aromatic carbocycles. The van der Waals surface area contributed by atoms with Gasteiger partial charge in [-0.15, -0.1) is 11.3 Å². The second-order valence-corrected chi connectivity index (χ2v) is 5.48. The quantitative estimate of drug-likeness (QED) is 0.882. The number of hydrogen-bond donors (Lipinski definition) is 1. The van der Waals surface area contributed by atoms with Crippen molar-refractivity contribution in [1.82, 2.24) is 5.32 Å². The zero-order valence-corrected chi connectivity index (χ0v) is 12.0. The summed E-state index contributed by atoms with van der Waals surface area (Å²) in [6.45, 7) is 3.16. The molecule has 0 radical (unpaired) electrons. The third-order valence-corrected chi connectivity index (χ3v) is 4.30. The van der Waals surface area contributed by atoms with E-state index in [2.05, 4.69) is 66.0 Å². The molecule has 0 aliphatic carbocycles. The zero-order chi connectivity index (χ0) is 13.0. The Kier molecular flexibility index (Phi) is 4.39. The highest BCUT2D eigenvalue weighted by molar-refractivity contribution is 7.10. The molecule has 3 heteroatoms. The Balaban J connectivity index is 2.11. The van der Waals surface area contributed by atoms with Gasteiger partial charge in [0.2, 0.25) is 0 Å². The lowest BCUT2D eigenvalue weighted by molar-refractivity contribution is 0.753. The molecular formula is C15H20N2S. The average molecular weight is 260 g/mol. The Bertz CT molecular complexity index is 462. The van der Waals surface area contributed by atoms with Crippen molar-refractivity contribution in [1.29, 1.82) is 0 Å². The van der Waals surface area contributed by atoms with E-state index in [9.17, 15) is 0 Å². The Labute approximate surface area is 113 Å². The number of nitrogens with zero attached hydrogens (tertiary/aromatic N) is 1. The molecule has 18 heavy (non-hydrogen) atoms. The summed E-state index contributed by atoms with van der Waals surface area (Å²) in [5, 5.41) is 5.30. The molecule has 2 aromatic rings. The van der Waals surface area contributed by atoms with Gasteiger partial charge in [-0.25, -0.2) is 0 Å². The number of anilines is 1. The van der Waals surface area contributed by atoms with Gasteiger partial charge in [0.05, 0.1) is 6.04 Å². The van der Waals surface area contributed by atoms with Crippen molar-refractivity contribution in [3.05, 3.63) is 52.2 Å². The highest BCUT2D eigenvalue weighted by Gasteiger charge is 2.12. The van der Waals surface area contributed by atoms with Crippen LogP contribution in [0.4, 0.5) is 5.69 Å². The first kappa shape index (κ1) is 13.1. The largest absolute Gasteiger partial charge is 0.367 e. The third-order valence-electron chi connectivity index (χ3n) is 3.26. The van der Waals surface area contributed by atoms with Crippen LogP contribution in [0.2, 0.25) is 0 Å². The number of hydrogen-bond acceptors (Lipinski definition) is 3. The van der Waals surface area contributed by atoms with E-state index in [-0.39, 0.29) is 0 Å². The number of benzene rings is 1. The summed E-state index contributed by atoms with van der Waals surface area (Å²) < 4.78 is 0. The highest BCUT2D eigenvalue weighted by atomic mass is 32.1. The maximum absolute atomic E-state index is 3.17. The van der Waals surface area contributed by atoms with E-state index >= 15 is 0 Å². The SMILES string of the molecule is CNCc1ccc(N(C)C(C)c2cccs2)cc1. The lowest BCUT2D eigenvalue weighted by atomic mass is 10.1. The van der Waals surface area contributed by atoms with Crippen LogP contribution in [0.25, 0.3) is 0 Å². The first-order chi connectivity index (χ1) is 8.72. The van der Waals surface area contributed by atoms with Crippen LogP contribution in [0, 0.1) is 0 Å². The minimum atomic E-state index is 0.417. The topological polar surface area (TPSA) is 15.3 Å². The van der Waals surface area contributed by atoms with Gasteiger partial charge in [-0.3, -0.25) is 0 Å². The second-order valence-electron chi connectivity index (χ2n) is 4.50. The molecule has 2 rings (SSSR count). The van der Waals surface area contributed by atoms with E-state index < -0.39 is 0 Å². The first-order valence-electron chi connectivity index (χ1n) is 6.22. The van der Waals surface area contributed by atoms with Crippen molar-refractivity contribution in [2.45, 2.75) is 19.5 Å². The summed E-state index contributed by atoms with van der Waals surface area (Å²) in [5.41, 5.74) is 2.58. The molecule has 0 saturated heterocycles. The molecule has 0 aliphatic rings. The van der Waals surface area contributed by atoms with Crippen molar-refractivity contribution in [2.75, 3.05) is 19.0 Å². The second kappa shape index (κ2) is 6.03. The van der Waals surface area contributed by atoms with Gasteiger partial charge in [0.25, 0.3) is 0 Å². The van der Waals surface area contributed by atoms with Crippen molar-refractivity contribution in [3.8, 4) is 0 Å². The summed E-state index contributed by atoms with van der Waals surface area (Å²) in [6.07, 6.45) is 0.